The van der Waals surface area contributed by atoms with Crippen LogP contribution in [0.2, 0.25) is 0 Å². The Morgan fingerprint density at radius 1 is 1.47 bits per heavy atom. The van der Waals surface area contributed by atoms with E-state index in [4.69, 9.17) is 10.3 Å². The van der Waals surface area contributed by atoms with Gasteiger partial charge in [-0.25, -0.2) is 0 Å². The molecule has 1 saturated heterocycles. The van der Waals surface area contributed by atoms with Gasteiger partial charge in [-0.1, -0.05) is 24.9 Å². The van der Waals surface area contributed by atoms with Crippen LogP contribution in [0.3, 0.4) is 0 Å². The zero-order valence-corrected chi connectivity index (χ0v) is 9.35. The molecule has 4 heteroatoms. The summed E-state index contributed by atoms with van der Waals surface area (Å²) in [6, 6.07) is 0. The Bertz CT molecular complexity index is 275. The molecular weight excluding hydrogens is 190 g/mol. The van der Waals surface area contributed by atoms with E-state index in [0.717, 1.165) is 18.8 Å². The summed E-state index contributed by atoms with van der Waals surface area (Å²) in [5, 5.41) is 3.61. The first-order valence-corrected chi connectivity index (χ1v) is 5.99. The van der Waals surface area contributed by atoms with Crippen molar-refractivity contribution in [2.75, 3.05) is 6.54 Å². The highest BCUT2D eigenvalue weighted by Gasteiger charge is 2.47. The fourth-order valence-corrected chi connectivity index (χ4v) is 3.29. The fourth-order valence-electron chi connectivity index (χ4n) is 3.29. The molecule has 84 valence electrons. The molecule has 0 bridgehead atoms. The summed E-state index contributed by atoms with van der Waals surface area (Å²) >= 11 is 0. The summed E-state index contributed by atoms with van der Waals surface area (Å²) in [4.78, 5) is 2.80. The first-order valence-electron chi connectivity index (χ1n) is 5.99. The van der Waals surface area contributed by atoms with E-state index in [-0.39, 0.29) is 11.7 Å². The highest BCUT2D eigenvalue weighted by Crippen LogP contribution is 2.48. The zero-order chi connectivity index (χ0) is 10.7. The molecule has 0 aromatic rings. The van der Waals surface area contributed by atoms with E-state index in [1.165, 1.54) is 25.7 Å². The van der Waals surface area contributed by atoms with Crippen LogP contribution in [-0.2, 0) is 4.74 Å². The van der Waals surface area contributed by atoms with Crippen LogP contribution in [-0.4, -0.2) is 18.2 Å². The predicted octanol–water partition coefficient (Wildman–Crippen LogP) is 3.42. The van der Waals surface area contributed by atoms with Crippen molar-refractivity contribution in [3.63, 3.8) is 0 Å². The number of rotatable bonds is 3. The van der Waals surface area contributed by atoms with Gasteiger partial charge >= 0.3 is 0 Å². The highest BCUT2D eigenvalue weighted by atomic mass is 16.5. The third-order valence-electron chi connectivity index (χ3n) is 4.03. The molecule has 3 unspecified atom stereocenters. The van der Waals surface area contributed by atoms with Crippen LogP contribution in [0.5, 0.6) is 0 Å². The average molecular weight is 209 g/mol. The van der Waals surface area contributed by atoms with E-state index < -0.39 is 0 Å². The lowest BCUT2D eigenvalue weighted by molar-refractivity contribution is -0.0631. The van der Waals surface area contributed by atoms with Crippen LogP contribution in [0.15, 0.2) is 5.11 Å². The lowest BCUT2D eigenvalue weighted by Gasteiger charge is -2.30. The number of hydrogen-bond acceptors (Lipinski definition) is 2. The van der Waals surface area contributed by atoms with Crippen molar-refractivity contribution < 1.29 is 4.74 Å². The smallest absolute Gasteiger partial charge is 0.0715 e. The fraction of sp³-hybridized carbons (Fsp3) is 1.00. The molecule has 1 spiro atoms. The molecule has 1 aliphatic carbocycles. The molecule has 2 aliphatic rings. The molecule has 2 rings (SSSR count). The lowest BCUT2D eigenvalue weighted by atomic mass is 9.86. The highest BCUT2D eigenvalue weighted by molar-refractivity contribution is 4.98. The van der Waals surface area contributed by atoms with Crippen molar-refractivity contribution in [3.8, 4) is 0 Å². The second-order valence-corrected chi connectivity index (χ2v) is 4.75. The number of azide groups is 1. The maximum atomic E-state index is 8.28. The summed E-state index contributed by atoms with van der Waals surface area (Å²) in [6.07, 6.45) is 7.43. The Morgan fingerprint density at radius 2 is 2.33 bits per heavy atom. The first kappa shape index (κ1) is 10.8. The van der Waals surface area contributed by atoms with E-state index in [2.05, 4.69) is 16.9 Å². The van der Waals surface area contributed by atoms with Crippen LogP contribution >= 0.6 is 0 Å². The Morgan fingerprint density at radius 3 is 3.07 bits per heavy atom. The molecule has 3 atom stereocenters. The van der Waals surface area contributed by atoms with Gasteiger partial charge in [-0.3, -0.25) is 0 Å². The van der Waals surface area contributed by atoms with Gasteiger partial charge in [0.05, 0.1) is 18.2 Å². The maximum absolute atomic E-state index is 8.28. The van der Waals surface area contributed by atoms with Crippen molar-refractivity contribution in [2.45, 2.75) is 57.2 Å². The third-order valence-corrected chi connectivity index (χ3v) is 4.03. The standard InChI is InChI=1S/C11H19N3O/c1-2-9-4-3-6-11(9)7-5-10(15-11)8-13-14-12/h9-10H,2-8H2,1H3. The van der Waals surface area contributed by atoms with E-state index in [1.807, 2.05) is 0 Å². The summed E-state index contributed by atoms with van der Waals surface area (Å²) in [5.74, 6) is 0.730. The lowest BCUT2D eigenvalue weighted by Crippen LogP contribution is -2.33. The second-order valence-electron chi connectivity index (χ2n) is 4.75. The molecule has 1 saturated carbocycles. The molecule has 0 amide bonds. The van der Waals surface area contributed by atoms with E-state index in [0.29, 0.717) is 6.54 Å². The molecule has 2 fully saturated rings. The molecule has 0 N–H and O–H groups in total. The third kappa shape index (κ3) is 1.97. The van der Waals surface area contributed by atoms with Crippen LogP contribution < -0.4 is 0 Å². The van der Waals surface area contributed by atoms with Crippen molar-refractivity contribution in [1.82, 2.24) is 0 Å². The van der Waals surface area contributed by atoms with Crippen molar-refractivity contribution in [2.24, 2.45) is 11.0 Å². The van der Waals surface area contributed by atoms with Gasteiger partial charge in [0.15, 0.2) is 0 Å². The van der Waals surface area contributed by atoms with E-state index in [9.17, 15) is 0 Å². The van der Waals surface area contributed by atoms with Gasteiger partial charge in [0.2, 0.25) is 0 Å². The average Bonchev–Trinajstić information content (AvgIpc) is 2.84. The second kappa shape index (κ2) is 4.42. The zero-order valence-electron chi connectivity index (χ0n) is 9.35. The van der Waals surface area contributed by atoms with E-state index >= 15 is 0 Å². The van der Waals surface area contributed by atoms with Crippen LogP contribution in [0.4, 0.5) is 0 Å². The SMILES string of the molecule is CCC1CCCC12CCC(CN=[N+]=[N-])O2. The summed E-state index contributed by atoms with van der Waals surface area (Å²) in [7, 11) is 0. The summed E-state index contributed by atoms with van der Waals surface area (Å²) in [6.45, 7) is 2.76. The Hall–Kier alpha value is -0.730. The van der Waals surface area contributed by atoms with Crippen molar-refractivity contribution in [1.29, 1.82) is 0 Å². The monoisotopic (exact) mass is 209 g/mol. The van der Waals surface area contributed by atoms with Gasteiger partial charge in [0, 0.05) is 4.91 Å². The van der Waals surface area contributed by atoms with Gasteiger partial charge in [-0.15, -0.1) is 0 Å². The topological polar surface area (TPSA) is 58.0 Å². The predicted molar refractivity (Wildman–Crippen MR) is 58.5 cm³/mol. The Kier molecular flexibility index (Phi) is 3.17. The minimum absolute atomic E-state index is 0.143. The minimum Gasteiger partial charge on any atom is -0.371 e. The van der Waals surface area contributed by atoms with E-state index in [1.54, 1.807) is 0 Å². The summed E-state index contributed by atoms with van der Waals surface area (Å²) < 4.78 is 6.15. The maximum Gasteiger partial charge on any atom is 0.0715 e. The van der Waals surface area contributed by atoms with Crippen LogP contribution in [0.1, 0.15) is 45.4 Å². The number of hydrogen-bond donors (Lipinski definition) is 0. The minimum atomic E-state index is 0.143. The first-order chi connectivity index (χ1) is 7.30. The van der Waals surface area contributed by atoms with Gasteiger partial charge in [-0.05, 0) is 37.1 Å². The van der Waals surface area contributed by atoms with Gasteiger partial charge < -0.3 is 4.74 Å². The quantitative estimate of drug-likeness (QED) is 0.399. The molecule has 0 radical (unpaired) electrons. The molecule has 1 aliphatic heterocycles. The summed E-state index contributed by atoms with van der Waals surface area (Å²) in [5.41, 5.74) is 8.43. The van der Waals surface area contributed by atoms with Crippen LogP contribution in [0, 0.1) is 5.92 Å². The number of nitrogens with zero attached hydrogens (tertiary/aromatic N) is 3. The van der Waals surface area contributed by atoms with Crippen molar-refractivity contribution in [3.05, 3.63) is 10.4 Å². The van der Waals surface area contributed by atoms with Gasteiger partial charge in [0.25, 0.3) is 0 Å². The normalized spacial score (nSPS) is 39.5. The van der Waals surface area contributed by atoms with Gasteiger partial charge in [-0.2, -0.15) is 0 Å². The Labute approximate surface area is 90.6 Å². The molecule has 15 heavy (non-hydrogen) atoms. The molecule has 1 heterocycles. The number of ether oxygens (including phenoxy) is 1. The van der Waals surface area contributed by atoms with Crippen molar-refractivity contribution >= 4 is 0 Å². The molecular formula is C11H19N3O. The van der Waals surface area contributed by atoms with Crippen LogP contribution in [0.25, 0.3) is 10.4 Å². The molecule has 0 aromatic heterocycles. The largest absolute Gasteiger partial charge is 0.371 e. The molecule has 0 aromatic carbocycles. The molecule has 4 nitrogen and oxygen atoms in total. The van der Waals surface area contributed by atoms with Gasteiger partial charge in [0.1, 0.15) is 0 Å². The Balaban J connectivity index is 1.97.